The first kappa shape index (κ1) is 10.9. The monoisotopic (exact) mass is 212 g/mol. The Balaban J connectivity index is 1.85. The fourth-order valence-corrected chi connectivity index (χ4v) is 1.76. The molecule has 0 amide bonds. The van der Waals surface area contributed by atoms with Crippen molar-refractivity contribution in [3.05, 3.63) is 42.0 Å². The first-order chi connectivity index (χ1) is 7.90. The van der Waals surface area contributed by atoms with Crippen LogP contribution in [-0.4, -0.2) is 24.0 Å². The highest BCUT2D eigenvalue weighted by Gasteiger charge is 2.27. The summed E-state index contributed by atoms with van der Waals surface area (Å²) in [4.78, 5) is 2.24. The fourth-order valence-electron chi connectivity index (χ4n) is 1.76. The zero-order chi connectivity index (χ0) is 11.2. The molecule has 0 bridgehead atoms. The normalized spacial score (nSPS) is 15.5. The lowest BCUT2D eigenvalue weighted by atomic mass is 10.2. The third kappa shape index (κ3) is 3.22. The molecule has 2 heteroatoms. The Labute approximate surface area is 96.8 Å². The van der Waals surface area contributed by atoms with Crippen LogP contribution < -0.4 is 0 Å². The average molecular weight is 212 g/mol. The Hall–Kier alpha value is -1.59. The van der Waals surface area contributed by atoms with Crippen molar-refractivity contribution in [3.63, 3.8) is 0 Å². The molecule has 0 aliphatic heterocycles. The molecule has 1 aromatic carbocycles. The van der Waals surface area contributed by atoms with Crippen molar-refractivity contribution in [1.29, 1.82) is 5.26 Å². The van der Waals surface area contributed by atoms with Crippen LogP contribution in [0.5, 0.6) is 0 Å². The number of hydrogen-bond donors (Lipinski definition) is 0. The van der Waals surface area contributed by atoms with Gasteiger partial charge in [0.15, 0.2) is 0 Å². The maximum Gasteiger partial charge on any atom is 0.0871 e. The molecule has 1 aliphatic rings. The molecule has 2 rings (SSSR count). The predicted molar refractivity (Wildman–Crippen MR) is 65.7 cm³/mol. The molecule has 1 fully saturated rings. The summed E-state index contributed by atoms with van der Waals surface area (Å²) in [7, 11) is 0. The molecule has 0 spiro atoms. The van der Waals surface area contributed by atoms with E-state index in [2.05, 4.69) is 35.3 Å². The Morgan fingerprint density at radius 2 is 2.06 bits per heavy atom. The topological polar surface area (TPSA) is 27.0 Å². The molecule has 2 nitrogen and oxygen atoms in total. The van der Waals surface area contributed by atoms with E-state index in [0.29, 0.717) is 12.6 Å². The van der Waals surface area contributed by atoms with Gasteiger partial charge in [0.25, 0.3) is 0 Å². The zero-order valence-electron chi connectivity index (χ0n) is 9.34. The van der Waals surface area contributed by atoms with E-state index >= 15 is 0 Å². The fraction of sp³-hybridized carbons (Fsp3) is 0.357. The van der Waals surface area contributed by atoms with Gasteiger partial charge in [0.05, 0.1) is 12.6 Å². The SMILES string of the molecule is N#CCN(C/C=C/c1ccccc1)C1CC1. The minimum absolute atomic E-state index is 0.545. The molecule has 16 heavy (non-hydrogen) atoms. The van der Waals surface area contributed by atoms with Crippen LogP contribution in [0.25, 0.3) is 6.08 Å². The summed E-state index contributed by atoms with van der Waals surface area (Å²) in [6, 6.07) is 13.1. The zero-order valence-corrected chi connectivity index (χ0v) is 9.34. The van der Waals surface area contributed by atoms with Crippen molar-refractivity contribution < 1.29 is 0 Å². The summed E-state index contributed by atoms with van der Waals surface area (Å²) >= 11 is 0. The summed E-state index contributed by atoms with van der Waals surface area (Å²) in [6.45, 7) is 1.43. The van der Waals surface area contributed by atoms with Crippen LogP contribution in [0, 0.1) is 11.3 Å². The third-order valence-corrected chi connectivity index (χ3v) is 2.79. The van der Waals surface area contributed by atoms with Gasteiger partial charge in [0.1, 0.15) is 0 Å². The van der Waals surface area contributed by atoms with Crippen molar-refractivity contribution in [2.24, 2.45) is 0 Å². The molecule has 1 saturated carbocycles. The lowest BCUT2D eigenvalue weighted by molar-refractivity contribution is 0.329. The second kappa shape index (κ2) is 5.48. The van der Waals surface area contributed by atoms with Crippen LogP contribution in [0.2, 0.25) is 0 Å². The Kier molecular flexibility index (Phi) is 3.74. The maximum atomic E-state index is 8.71. The van der Waals surface area contributed by atoms with Crippen molar-refractivity contribution >= 4 is 6.08 Å². The average Bonchev–Trinajstić information content (AvgIpc) is 3.13. The number of benzene rings is 1. The quantitative estimate of drug-likeness (QED) is 0.702. The summed E-state index contributed by atoms with van der Waals surface area (Å²) in [5.74, 6) is 0. The van der Waals surface area contributed by atoms with Crippen LogP contribution in [0.15, 0.2) is 36.4 Å². The first-order valence-electron chi connectivity index (χ1n) is 5.73. The molecule has 0 aromatic heterocycles. The van der Waals surface area contributed by atoms with Crippen LogP contribution in [-0.2, 0) is 0 Å². The highest BCUT2D eigenvalue weighted by molar-refractivity contribution is 5.48. The van der Waals surface area contributed by atoms with E-state index in [9.17, 15) is 0 Å². The lowest BCUT2D eigenvalue weighted by Crippen LogP contribution is -2.26. The van der Waals surface area contributed by atoms with E-state index in [1.807, 2.05) is 18.2 Å². The van der Waals surface area contributed by atoms with E-state index in [-0.39, 0.29) is 0 Å². The minimum atomic E-state index is 0.545. The van der Waals surface area contributed by atoms with E-state index in [1.165, 1.54) is 18.4 Å². The second-order valence-corrected chi connectivity index (χ2v) is 4.13. The molecule has 0 unspecified atom stereocenters. The molecule has 82 valence electrons. The van der Waals surface area contributed by atoms with Gasteiger partial charge in [-0.3, -0.25) is 4.90 Å². The van der Waals surface area contributed by atoms with Crippen molar-refractivity contribution in [2.75, 3.05) is 13.1 Å². The molecule has 1 aromatic rings. The van der Waals surface area contributed by atoms with Gasteiger partial charge in [-0.2, -0.15) is 5.26 Å². The Bertz CT molecular complexity index is 385. The molecule has 0 radical (unpaired) electrons. The van der Waals surface area contributed by atoms with Gasteiger partial charge in [-0.1, -0.05) is 42.5 Å². The molecule has 1 aliphatic carbocycles. The molecule has 0 heterocycles. The number of hydrogen-bond acceptors (Lipinski definition) is 2. The maximum absolute atomic E-state index is 8.71. The number of nitrogens with zero attached hydrogens (tertiary/aromatic N) is 2. The molecule has 0 N–H and O–H groups in total. The van der Waals surface area contributed by atoms with Gasteiger partial charge in [-0.25, -0.2) is 0 Å². The van der Waals surface area contributed by atoms with Gasteiger partial charge in [0, 0.05) is 12.6 Å². The summed E-state index contributed by atoms with van der Waals surface area (Å²) < 4.78 is 0. The minimum Gasteiger partial charge on any atom is -0.284 e. The molecular formula is C14H16N2. The summed E-state index contributed by atoms with van der Waals surface area (Å²) in [5.41, 5.74) is 1.22. The smallest absolute Gasteiger partial charge is 0.0871 e. The van der Waals surface area contributed by atoms with Crippen LogP contribution >= 0.6 is 0 Å². The van der Waals surface area contributed by atoms with E-state index < -0.39 is 0 Å². The van der Waals surface area contributed by atoms with Gasteiger partial charge in [-0.05, 0) is 18.4 Å². The summed E-state index contributed by atoms with van der Waals surface area (Å²) in [5, 5.41) is 8.71. The Morgan fingerprint density at radius 1 is 1.31 bits per heavy atom. The van der Waals surface area contributed by atoms with Gasteiger partial charge in [0.2, 0.25) is 0 Å². The van der Waals surface area contributed by atoms with Crippen LogP contribution in [0.3, 0.4) is 0 Å². The van der Waals surface area contributed by atoms with Gasteiger partial charge >= 0.3 is 0 Å². The lowest BCUT2D eigenvalue weighted by Gasteiger charge is -2.15. The molecular weight excluding hydrogens is 196 g/mol. The largest absolute Gasteiger partial charge is 0.284 e. The van der Waals surface area contributed by atoms with Gasteiger partial charge < -0.3 is 0 Å². The van der Waals surface area contributed by atoms with Crippen molar-refractivity contribution in [2.45, 2.75) is 18.9 Å². The first-order valence-corrected chi connectivity index (χ1v) is 5.73. The van der Waals surface area contributed by atoms with E-state index in [4.69, 9.17) is 5.26 Å². The number of nitriles is 1. The highest BCUT2D eigenvalue weighted by Crippen LogP contribution is 2.26. The highest BCUT2D eigenvalue weighted by atomic mass is 15.2. The van der Waals surface area contributed by atoms with Crippen LogP contribution in [0.4, 0.5) is 0 Å². The molecule has 0 atom stereocenters. The predicted octanol–water partition coefficient (Wildman–Crippen LogP) is 2.69. The Morgan fingerprint density at radius 3 is 2.69 bits per heavy atom. The van der Waals surface area contributed by atoms with Crippen molar-refractivity contribution in [1.82, 2.24) is 4.90 Å². The van der Waals surface area contributed by atoms with E-state index in [1.54, 1.807) is 0 Å². The third-order valence-electron chi connectivity index (χ3n) is 2.79. The molecule has 0 saturated heterocycles. The van der Waals surface area contributed by atoms with Crippen molar-refractivity contribution in [3.8, 4) is 6.07 Å². The van der Waals surface area contributed by atoms with E-state index in [0.717, 1.165) is 6.54 Å². The second-order valence-electron chi connectivity index (χ2n) is 4.13. The summed E-state index contributed by atoms with van der Waals surface area (Å²) in [6.07, 6.45) is 6.76. The van der Waals surface area contributed by atoms with Gasteiger partial charge in [-0.15, -0.1) is 0 Å². The van der Waals surface area contributed by atoms with Crippen LogP contribution in [0.1, 0.15) is 18.4 Å². The standard InChI is InChI=1S/C14H16N2/c15-10-12-16(14-8-9-14)11-4-7-13-5-2-1-3-6-13/h1-7,14H,8-9,11-12H2/b7-4+. The number of rotatable bonds is 5.